The quantitative estimate of drug-likeness (QED) is 0.745. The summed E-state index contributed by atoms with van der Waals surface area (Å²) in [6.07, 6.45) is 10.2. The van der Waals surface area contributed by atoms with Crippen LogP contribution in [0.25, 0.3) is 0 Å². The molecule has 0 saturated heterocycles. The summed E-state index contributed by atoms with van der Waals surface area (Å²) >= 11 is 0. The lowest BCUT2D eigenvalue weighted by molar-refractivity contribution is -0.137. The normalized spacial score (nSPS) is 21.9. The third-order valence-electron chi connectivity index (χ3n) is 4.44. The number of hydrogen-bond donors (Lipinski definition) is 2. The van der Waals surface area contributed by atoms with Crippen molar-refractivity contribution >= 4 is 11.9 Å². The molecule has 2 aliphatic carbocycles. The summed E-state index contributed by atoms with van der Waals surface area (Å²) in [5, 5.41) is 11.8. The Bertz CT molecular complexity index is 319. The smallest absolute Gasteiger partial charge is 0.305 e. The van der Waals surface area contributed by atoms with Crippen molar-refractivity contribution < 1.29 is 14.7 Å². The van der Waals surface area contributed by atoms with Gasteiger partial charge in [-0.15, -0.1) is 0 Å². The van der Waals surface area contributed by atoms with Gasteiger partial charge in [0.25, 0.3) is 0 Å². The van der Waals surface area contributed by atoms with Crippen LogP contribution in [0, 0.1) is 11.8 Å². The molecule has 1 unspecified atom stereocenters. The average molecular weight is 267 g/mol. The number of carboxylic acids is 1. The number of aliphatic carboxylic acids is 1. The summed E-state index contributed by atoms with van der Waals surface area (Å²) in [5.74, 6) is 0.335. The molecule has 0 bridgehead atoms. The molecule has 108 valence electrons. The average Bonchev–Trinajstić information content (AvgIpc) is 3.20. The second kappa shape index (κ2) is 6.92. The van der Waals surface area contributed by atoms with Gasteiger partial charge in [0.15, 0.2) is 0 Å². The van der Waals surface area contributed by atoms with Gasteiger partial charge in [0, 0.05) is 12.5 Å². The van der Waals surface area contributed by atoms with Gasteiger partial charge in [-0.05, 0) is 31.1 Å². The highest BCUT2D eigenvalue weighted by Crippen LogP contribution is 2.34. The van der Waals surface area contributed by atoms with Crippen molar-refractivity contribution in [3.63, 3.8) is 0 Å². The monoisotopic (exact) mass is 267 g/mol. The number of nitrogens with one attached hydrogen (secondary N) is 1. The van der Waals surface area contributed by atoms with E-state index < -0.39 is 5.97 Å². The molecule has 0 aromatic rings. The van der Waals surface area contributed by atoms with E-state index >= 15 is 0 Å². The van der Waals surface area contributed by atoms with Crippen LogP contribution in [0.2, 0.25) is 0 Å². The molecule has 1 atom stereocenters. The standard InChI is InChI=1S/C15H25NO3/c17-14(9-6-11-4-2-1-3-5-11)16-13(10-15(18)19)12-7-8-12/h11-13H,1-10H2,(H,16,17)(H,18,19). The third-order valence-corrected chi connectivity index (χ3v) is 4.44. The van der Waals surface area contributed by atoms with E-state index in [9.17, 15) is 9.59 Å². The van der Waals surface area contributed by atoms with Gasteiger partial charge in [0.2, 0.25) is 5.91 Å². The molecule has 2 rings (SSSR count). The van der Waals surface area contributed by atoms with Crippen LogP contribution in [0.15, 0.2) is 0 Å². The number of carbonyl (C=O) groups is 2. The van der Waals surface area contributed by atoms with Gasteiger partial charge >= 0.3 is 5.97 Å². The zero-order valence-electron chi connectivity index (χ0n) is 11.6. The van der Waals surface area contributed by atoms with E-state index in [4.69, 9.17) is 5.11 Å². The molecule has 0 aromatic heterocycles. The first-order chi connectivity index (χ1) is 9.15. The minimum atomic E-state index is -0.815. The van der Waals surface area contributed by atoms with Crippen molar-refractivity contribution in [1.29, 1.82) is 0 Å². The molecule has 0 spiro atoms. The minimum Gasteiger partial charge on any atom is -0.481 e. The first-order valence-corrected chi connectivity index (χ1v) is 7.66. The van der Waals surface area contributed by atoms with Crippen LogP contribution in [0.1, 0.15) is 64.2 Å². The Labute approximate surface area is 115 Å². The lowest BCUT2D eigenvalue weighted by Gasteiger charge is -2.22. The molecule has 0 aromatic carbocycles. The Morgan fingerprint density at radius 1 is 1.11 bits per heavy atom. The fourth-order valence-corrected chi connectivity index (χ4v) is 3.11. The summed E-state index contributed by atoms with van der Waals surface area (Å²) in [6.45, 7) is 0. The Morgan fingerprint density at radius 3 is 2.37 bits per heavy atom. The molecule has 2 N–H and O–H groups in total. The summed E-state index contributed by atoms with van der Waals surface area (Å²) < 4.78 is 0. The van der Waals surface area contributed by atoms with Crippen LogP contribution in [-0.4, -0.2) is 23.0 Å². The number of carbonyl (C=O) groups excluding carboxylic acids is 1. The van der Waals surface area contributed by atoms with Crippen LogP contribution >= 0.6 is 0 Å². The van der Waals surface area contributed by atoms with Crippen LogP contribution in [0.3, 0.4) is 0 Å². The maximum absolute atomic E-state index is 11.9. The van der Waals surface area contributed by atoms with Gasteiger partial charge in [-0.2, -0.15) is 0 Å². The van der Waals surface area contributed by atoms with Crippen LogP contribution in [0.5, 0.6) is 0 Å². The molecule has 2 saturated carbocycles. The molecule has 0 heterocycles. The molecule has 4 nitrogen and oxygen atoms in total. The Hall–Kier alpha value is -1.06. The molecule has 1 amide bonds. The topological polar surface area (TPSA) is 66.4 Å². The van der Waals surface area contributed by atoms with E-state index in [1.807, 2.05) is 0 Å². The van der Waals surface area contributed by atoms with Crippen molar-refractivity contribution in [1.82, 2.24) is 5.32 Å². The van der Waals surface area contributed by atoms with E-state index in [1.54, 1.807) is 0 Å². The van der Waals surface area contributed by atoms with Crippen molar-refractivity contribution in [3.05, 3.63) is 0 Å². The first kappa shape index (κ1) is 14.4. The number of carboxylic acid groups (broad SMARTS) is 1. The summed E-state index contributed by atoms with van der Waals surface area (Å²) in [7, 11) is 0. The second-order valence-corrected chi connectivity index (χ2v) is 6.15. The van der Waals surface area contributed by atoms with Crippen LogP contribution < -0.4 is 5.32 Å². The Kier molecular flexibility index (Phi) is 5.23. The zero-order chi connectivity index (χ0) is 13.7. The van der Waals surface area contributed by atoms with Crippen molar-refractivity contribution in [2.24, 2.45) is 11.8 Å². The molecule has 19 heavy (non-hydrogen) atoms. The molecule has 0 aliphatic heterocycles. The van der Waals surface area contributed by atoms with E-state index in [-0.39, 0.29) is 18.4 Å². The van der Waals surface area contributed by atoms with Gasteiger partial charge in [-0.25, -0.2) is 0 Å². The molecule has 2 aliphatic rings. The van der Waals surface area contributed by atoms with Gasteiger partial charge in [-0.3, -0.25) is 9.59 Å². The van der Waals surface area contributed by atoms with Gasteiger partial charge in [-0.1, -0.05) is 32.1 Å². The van der Waals surface area contributed by atoms with E-state index in [1.165, 1.54) is 32.1 Å². The van der Waals surface area contributed by atoms with Gasteiger partial charge in [0.1, 0.15) is 0 Å². The first-order valence-electron chi connectivity index (χ1n) is 7.66. The second-order valence-electron chi connectivity index (χ2n) is 6.15. The number of rotatable bonds is 7. The highest BCUT2D eigenvalue weighted by atomic mass is 16.4. The maximum Gasteiger partial charge on any atom is 0.305 e. The van der Waals surface area contributed by atoms with E-state index in [0.29, 0.717) is 18.3 Å². The molecular formula is C15H25NO3. The fraction of sp³-hybridized carbons (Fsp3) is 0.867. The highest BCUT2D eigenvalue weighted by Gasteiger charge is 2.33. The summed E-state index contributed by atoms with van der Waals surface area (Å²) in [4.78, 5) is 22.7. The van der Waals surface area contributed by atoms with E-state index in [0.717, 1.165) is 19.3 Å². The Morgan fingerprint density at radius 2 is 1.79 bits per heavy atom. The zero-order valence-corrected chi connectivity index (χ0v) is 11.6. The number of hydrogen-bond acceptors (Lipinski definition) is 2. The van der Waals surface area contributed by atoms with Crippen molar-refractivity contribution in [3.8, 4) is 0 Å². The largest absolute Gasteiger partial charge is 0.481 e. The summed E-state index contributed by atoms with van der Waals surface area (Å²) in [5.41, 5.74) is 0. The molecule has 2 fully saturated rings. The highest BCUT2D eigenvalue weighted by molar-refractivity contribution is 5.77. The maximum atomic E-state index is 11.9. The van der Waals surface area contributed by atoms with Gasteiger partial charge < -0.3 is 10.4 Å². The van der Waals surface area contributed by atoms with Crippen LogP contribution in [0.4, 0.5) is 0 Å². The van der Waals surface area contributed by atoms with Crippen molar-refractivity contribution in [2.75, 3.05) is 0 Å². The SMILES string of the molecule is O=C(O)CC(NC(=O)CCC1CCCCC1)C1CC1. The Balaban J connectivity index is 1.68. The number of amides is 1. The van der Waals surface area contributed by atoms with Crippen molar-refractivity contribution in [2.45, 2.75) is 70.3 Å². The predicted molar refractivity (Wildman–Crippen MR) is 72.7 cm³/mol. The summed E-state index contributed by atoms with van der Waals surface area (Å²) in [6, 6.07) is -0.142. The van der Waals surface area contributed by atoms with E-state index in [2.05, 4.69) is 5.32 Å². The predicted octanol–water partition coefficient (Wildman–Crippen LogP) is 2.72. The fourth-order valence-electron chi connectivity index (χ4n) is 3.11. The van der Waals surface area contributed by atoms with Gasteiger partial charge in [0.05, 0.1) is 6.42 Å². The molecule has 4 heteroatoms. The van der Waals surface area contributed by atoms with Crippen LogP contribution in [-0.2, 0) is 9.59 Å². The molecular weight excluding hydrogens is 242 g/mol. The lowest BCUT2D eigenvalue weighted by Crippen LogP contribution is -2.38. The third kappa shape index (κ3) is 5.21. The lowest BCUT2D eigenvalue weighted by atomic mass is 9.86. The minimum absolute atomic E-state index is 0.0451. The molecule has 0 radical (unpaired) electrons.